The van der Waals surface area contributed by atoms with Gasteiger partial charge in [0.2, 0.25) is 0 Å². The van der Waals surface area contributed by atoms with Crippen molar-refractivity contribution in [3.05, 3.63) is 52.4 Å². The van der Waals surface area contributed by atoms with Gasteiger partial charge in [-0.15, -0.1) is 11.3 Å². The maximum Gasteiger partial charge on any atom is 0.256 e. The number of thiophene rings is 1. The number of amides is 2. The number of hydrogen-bond acceptors (Lipinski definition) is 3. The molecule has 1 fully saturated rings. The molecule has 1 heterocycles. The predicted molar refractivity (Wildman–Crippen MR) is 107 cm³/mol. The van der Waals surface area contributed by atoms with Gasteiger partial charge in [0.05, 0.1) is 5.56 Å². The number of carbonyl (C=O) groups is 2. The average molecular weight is 371 g/mol. The highest BCUT2D eigenvalue weighted by atomic mass is 32.1. The minimum absolute atomic E-state index is 0.00565. The van der Waals surface area contributed by atoms with Gasteiger partial charge in [-0.25, -0.2) is 0 Å². The second kappa shape index (κ2) is 8.04. The van der Waals surface area contributed by atoms with Crippen LogP contribution in [0.2, 0.25) is 0 Å². The van der Waals surface area contributed by atoms with Crippen molar-refractivity contribution in [3.63, 3.8) is 0 Å². The molecule has 26 heavy (non-hydrogen) atoms. The Bertz CT molecular complexity index is 776. The molecule has 0 bridgehead atoms. The molecule has 0 aliphatic heterocycles. The maximum atomic E-state index is 12.8. The molecule has 1 aromatic carbocycles. The first-order valence-corrected chi connectivity index (χ1v) is 10.2. The lowest BCUT2D eigenvalue weighted by molar-refractivity contribution is 0.0758. The third-order valence-electron chi connectivity index (χ3n) is 4.81. The van der Waals surface area contributed by atoms with E-state index < -0.39 is 0 Å². The van der Waals surface area contributed by atoms with E-state index in [1.807, 2.05) is 41.5 Å². The van der Waals surface area contributed by atoms with Gasteiger partial charge < -0.3 is 10.2 Å². The SMILES string of the molecule is CCN(CC1CC1)C(=O)c1ccsc1NC(=O)c1ccc(C(C)C)cc1. The lowest BCUT2D eigenvalue weighted by Gasteiger charge is -2.21. The summed E-state index contributed by atoms with van der Waals surface area (Å²) in [7, 11) is 0. The number of anilines is 1. The minimum Gasteiger partial charge on any atom is -0.339 e. The summed E-state index contributed by atoms with van der Waals surface area (Å²) in [6.45, 7) is 7.76. The Morgan fingerprint density at radius 2 is 1.88 bits per heavy atom. The van der Waals surface area contributed by atoms with Gasteiger partial charge in [0.1, 0.15) is 5.00 Å². The molecular formula is C21H26N2O2S. The molecular weight excluding hydrogens is 344 g/mol. The molecule has 1 N–H and O–H groups in total. The van der Waals surface area contributed by atoms with E-state index >= 15 is 0 Å². The van der Waals surface area contributed by atoms with Crippen molar-refractivity contribution >= 4 is 28.2 Å². The molecule has 0 saturated heterocycles. The van der Waals surface area contributed by atoms with E-state index in [1.54, 1.807) is 6.07 Å². The highest BCUT2D eigenvalue weighted by molar-refractivity contribution is 7.14. The number of benzene rings is 1. The first-order valence-electron chi connectivity index (χ1n) is 9.27. The number of hydrogen-bond donors (Lipinski definition) is 1. The topological polar surface area (TPSA) is 49.4 Å². The molecule has 1 aliphatic rings. The van der Waals surface area contributed by atoms with Crippen LogP contribution >= 0.6 is 11.3 Å². The molecule has 0 unspecified atom stereocenters. The number of nitrogens with zero attached hydrogens (tertiary/aromatic N) is 1. The molecule has 0 radical (unpaired) electrons. The largest absolute Gasteiger partial charge is 0.339 e. The van der Waals surface area contributed by atoms with Crippen LogP contribution in [-0.4, -0.2) is 29.8 Å². The monoisotopic (exact) mass is 370 g/mol. The van der Waals surface area contributed by atoms with Crippen molar-refractivity contribution in [3.8, 4) is 0 Å². The van der Waals surface area contributed by atoms with Crippen LogP contribution in [-0.2, 0) is 0 Å². The van der Waals surface area contributed by atoms with Gasteiger partial charge in [0.15, 0.2) is 0 Å². The second-order valence-corrected chi connectivity index (χ2v) is 8.10. The van der Waals surface area contributed by atoms with Crippen molar-refractivity contribution < 1.29 is 9.59 Å². The zero-order valence-electron chi connectivity index (χ0n) is 15.6. The fraction of sp³-hybridized carbons (Fsp3) is 0.429. The van der Waals surface area contributed by atoms with E-state index in [2.05, 4.69) is 19.2 Å². The summed E-state index contributed by atoms with van der Waals surface area (Å²) in [5.74, 6) is 0.906. The van der Waals surface area contributed by atoms with Crippen LogP contribution in [0.5, 0.6) is 0 Å². The summed E-state index contributed by atoms with van der Waals surface area (Å²) >= 11 is 1.39. The standard InChI is InChI=1S/C21H26N2O2S/c1-4-23(13-15-5-6-15)21(25)18-11-12-26-20(18)22-19(24)17-9-7-16(8-10-17)14(2)3/h7-12,14-15H,4-6,13H2,1-3H3,(H,22,24). The highest BCUT2D eigenvalue weighted by Gasteiger charge is 2.28. The Labute approximate surface area is 159 Å². The molecule has 138 valence electrons. The average Bonchev–Trinajstić information content (AvgIpc) is 3.35. The van der Waals surface area contributed by atoms with Crippen molar-refractivity contribution in [1.82, 2.24) is 4.90 Å². The zero-order chi connectivity index (χ0) is 18.7. The van der Waals surface area contributed by atoms with E-state index in [0.29, 0.717) is 34.5 Å². The van der Waals surface area contributed by atoms with Gasteiger partial charge in [0, 0.05) is 18.7 Å². The third kappa shape index (κ3) is 4.33. The van der Waals surface area contributed by atoms with Crippen molar-refractivity contribution in [2.45, 2.75) is 39.5 Å². The second-order valence-electron chi connectivity index (χ2n) is 7.18. The summed E-state index contributed by atoms with van der Waals surface area (Å²) in [5, 5.41) is 5.40. The predicted octanol–water partition coefficient (Wildman–Crippen LogP) is 5.00. The summed E-state index contributed by atoms with van der Waals surface area (Å²) in [6, 6.07) is 9.44. The molecule has 1 aromatic heterocycles. The molecule has 5 heteroatoms. The van der Waals surface area contributed by atoms with Crippen LogP contribution in [0.4, 0.5) is 5.00 Å². The molecule has 4 nitrogen and oxygen atoms in total. The lowest BCUT2D eigenvalue weighted by Crippen LogP contribution is -2.33. The van der Waals surface area contributed by atoms with E-state index in [-0.39, 0.29) is 11.8 Å². The molecule has 2 amide bonds. The summed E-state index contributed by atoms with van der Waals surface area (Å²) in [4.78, 5) is 27.3. The Morgan fingerprint density at radius 3 is 2.46 bits per heavy atom. The fourth-order valence-electron chi connectivity index (χ4n) is 2.91. The normalized spacial score (nSPS) is 13.7. The minimum atomic E-state index is -0.179. The van der Waals surface area contributed by atoms with Crippen LogP contribution in [0.3, 0.4) is 0 Å². The van der Waals surface area contributed by atoms with Gasteiger partial charge in [-0.1, -0.05) is 26.0 Å². The van der Waals surface area contributed by atoms with Crippen molar-refractivity contribution in [2.75, 3.05) is 18.4 Å². The van der Waals surface area contributed by atoms with Gasteiger partial charge in [-0.3, -0.25) is 9.59 Å². The number of rotatable bonds is 7. The fourth-order valence-corrected chi connectivity index (χ4v) is 3.68. The highest BCUT2D eigenvalue weighted by Crippen LogP contribution is 2.31. The first kappa shape index (κ1) is 18.6. The van der Waals surface area contributed by atoms with Gasteiger partial charge in [-0.2, -0.15) is 0 Å². The van der Waals surface area contributed by atoms with Crippen molar-refractivity contribution in [1.29, 1.82) is 0 Å². The molecule has 1 saturated carbocycles. The van der Waals surface area contributed by atoms with E-state index in [0.717, 1.165) is 6.54 Å². The smallest absolute Gasteiger partial charge is 0.256 e. The molecule has 0 atom stereocenters. The molecule has 0 spiro atoms. The quantitative estimate of drug-likeness (QED) is 0.746. The Kier molecular flexibility index (Phi) is 5.77. The maximum absolute atomic E-state index is 12.8. The van der Waals surface area contributed by atoms with Gasteiger partial charge in [0.25, 0.3) is 11.8 Å². The summed E-state index contributed by atoms with van der Waals surface area (Å²) in [5.41, 5.74) is 2.39. The van der Waals surface area contributed by atoms with Crippen molar-refractivity contribution in [2.24, 2.45) is 5.92 Å². The first-order chi connectivity index (χ1) is 12.5. The molecule has 1 aliphatic carbocycles. The van der Waals surface area contributed by atoms with E-state index in [1.165, 1.54) is 29.7 Å². The van der Waals surface area contributed by atoms with Gasteiger partial charge >= 0.3 is 0 Å². The Morgan fingerprint density at radius 1 is 1.19 bits per heavy atom. The van der Waals surface area contributed by atoms with Crippen LogP contribution in [0.25, 0.3) is 0 Å². The molecule has 2 aromatic rings. The zero-order valence-corrected chi connectivity index (χ0v) is 16.4. The van der Waals surface area contributed by atoms with E-state index in [9.17, 15) is 9.59 Å². The lowest BCUT2D eigenvalue weighted by atomic mass is 10.0. The van der Waals surface area contributed by atoms with Crippen LogP contribution in [0.15, 0.2) is 35.7 Å². The Balaban J connectivity index is 1.71. The van der Waals surface area contributed by atoms with Crippen LogP contribution in [0.1, 0.15) is 65.8 Å². The van der Waals surface area contributed by atoms with E-state index in [4.69, 9.17) is 0 Å². The third-order valence-corrected chi connectivity index (χ3v) is 5.64. The van der Waals surface area contributed by atoms with Gasteiger partial charge in [-0.05, 0) is 60.7 Å². The summed E-state index contributed by atoms with van der Waals surface area (Å²) < 4.78 is 0. The Hall–Kier alpha value is -2.14. The molecule has 3 rings (SSSR count). The van der Waals surface area contributed by atoms with Crippen LogP contribution in [0, 0.1) is 5.92 Å². The van der Waals surface area contributed by atoms with Crippen LogP contribution < -0.4 is 5.32 Å². The number of nitrogens with one attached hydrogen (secondary N) is 1. The summed E-state index contributed by atoms with van der Waals surface area (Å²) in [6.07, 6.45) is 2.42. The number of carbonyl (C=O) groups excluding carboxylic acids is 2.